The van der Waals surface area contributed by atoms with Crippen LogP contribution in [0.25, 0.3) is 0 Å². The van der Waals surface area contributed by atoms with Crippen LogP contribution in [0.4, 0.5) is 4.39 Å². The van der Waals surface area contributed by atoms with E-state index in [-0.39, 0.29) is 18.3 Å². The van der Waals surface area contributed by atoms with E-state index in [1.165, 1.54) is 18.4 Å². The Morgan fingerprint density at radius 3 is 2.59 bits per heavy atom. The Bertz CT molecular complexity index is 912. The molecular formula is C20H22FNO4S. The maximum Gasteiger partial charge on any atom is 0.222 e. The Hall–Kier alpha value is -2.41. The Morgan fingerprint density at radius 2 is 1.93 bits per heavy atom. The lowest BCUT2D eigenvalue weighted by Gasteiger charge is -2.16. The van der Waals surface area contributed by atoms with Gasteiger partial charge >= 0.3 is 0 Å². The standard InChI is InChI=1S/C20H22FNO4S/c1-27(24,25)19-11-12-22(14-19)20(23)10-5-15-3-2-4-18(13-15)26-17-8-6-16(21)7-9-17/h2-4,6-9,13,19H,5,10-12,14H2,1H3. The van der Waals surface area contributed by atoms with Gasteiger partial charge in [-0.05, 0) is 54.8 Å². The Kier molecular flexibility index (Phi) is 5.79. The van der Waals surface area contributed by atoms with Gasteiger partial charge in [-0.3, -0.25) is 4.79 Å². The first kappa shape index (κ1) is 19.4. The second kappa shape index (κ2) is 8.08. The lowest BCUT2D eigenvalue weighted by Crippen LogP contribution is -2.31. The maximum absolute atomic E-state index is 13.0. The maximum atomic E-state index is 13.0. The monoisotopic (exact) mass is 391 g/mol. The van der Waals surface area contributed by atoms with E-state index in [9.17, 15) is 17.6 Å². The van der Waals surface area contributed by atoms with Gasteiger partial charge in [0.2, 0.25) is 5.91 Å². The van der Waals surface area contributed by atoms with Gasteiger partial charge in [0.15, 0.2) is 9.84 Å². The molecule has 1 amide bonds. The smallest absolute Gasteiger partial charge is 0.222 e. The normalized spacial score (nSPS) is 17.1. The number of nitrogens with zero attached hydrogens (tertiary/aromatic N) is 1. The summed E-state index contributed by atoms with van der Waals surface area (Å²) in [7, 11) is -3.11. The van der Waals surface area contributed by atoms with E-state index < -0.39 is 15.1 Å². The molecule has 0 spiro atoms. The summed E-state index contributed by atoms with van der Waals surface area (Å²) < 4.78 is 41.9. The van der Waals surface area contributed by atoms with E-state index >= 15 is 0 Å². The minimum absolute atomic E-state index is 0.0361. The largest absolute Gasteiger partial charge is 0.457 e. The van der Waals surface area contributed by atoms with Gasteiger partial charge in [-0.1, -0.05) is 12.1 Å². The molecule has 0 aliphatic carbocycles. The Balaban J connectivity index is 1.55. The second-order valence-corrected chi connectivity index (χ2v) is 9.11. The summed E-state index contributed by atoms with van der Waals surface area (Å²) in [5.74, 6) is 0.791. The second-order valence-electron chi connectivity index (χ2n) is 6.78. The predicted octanol–water partition coefficient (Wildman–Crippen LogP) is 3.20. The van der Waals surface area contributed by atoms with Crippen molar-refractivity contribution in [3.05, 3.63) is 59.9 Å². The lowest BCUT2D eigenvalue weighted by molar-refractivity contribution is -0.130. The van der Waals surface area contributed by atoms with E-state index in [1.807, 2.05) is 18.2 Å². The highest BCUT2D eigenvalue weighted by molar-refractivity contribution is 7.91. The molecule has 3 rings (SSSR count). The van der Waals surface area contributed by atoms with Crippen LogP contribution in [0.2, 0.25) is 0 Å². The van der Waals surface area contributed by atoms with Gasteiger partial charge in [0.1, 0.15) is 17.3 Å². The van der Waals surface area contributed by atoms with Crippen molar-refractivity contribution in [1.29, 1.82) is 0 Å². The van der Waals surface area contributed by atoms with Crippen molar-refractivity contribution in [2.45, 2.75) is 24.5 Å². The molecule has 7 heteroatoms. The molecule has 1 saturated heterocycles. The van der Waals surface area contributed by atoms with E-state index in [0.29, 0.717) is 37.3 Å². The van der Waals surface area contributed by atoms with E-state index in [2.05, 4.69) is 0 Å². The average molecular weight is 391 g/mol. The number of carbonyl (C=O) groups excluding carboxylic acids is 1. The van der Waals surface area contributed by atoms with Crippen molar-refractivity contribution in [3.8, 4) is 11.5 Å². The highest BCUT2D eigenvalue weighted by atomic mass is 32.2. The van der Waals surface area contributed by atoms with Crippen LogP contribution in [0, 0.1) is 5.82 Å². The van der Waals surface area contributed by atoms with Crippen LogP contribution in [0.5, 0.6) is 11.5 Å². The zero-order chi connectivity index (χ0) is 19.4. The van der Waals surface area contributed by atoms with Gasteiger partial charge in [0, 0.05) is 25.8 Å². The topological polar surface area (TPSA) is 63.7 Å². The molecule has 1 aliphatic rings. The van der Waals surface area contributed by atoms with Crippen LogP contribution in [-0.2, 0) is 21.1 Å². The molecule has 1 heterocycles. The third kappa shape index (κ3) is 5.29. The predicted molar refractivity (Wildman–Crippen MR) is 101 cm³/mol. The molecule has 2 aromatic carbocycles. The number of carbonyl (C=O) groups is 1. The molecule has 0 bridgehead atoms. The van der Waals surface area contributed by atoms with Crippen LogP contribution in [0.15, 0.2) is 48.5 Å². The van der Waals surface area contributed by atoms with Crippen molar-refractivity contribution in [2.24, 2.45) is 0 Å². The first-order valence-electron chi connectivity index (χ1n) is 8.80. The molecule has 1 fully saturated rings. The van der Waals surface area contributed by atoms with Crippen LogP contribution in [0.3, 0.4) is 0 Å². The van der Waals surface area contributed by atoms with Gasteiger partial charge in [-0.15, -0.1) is 0 Å². The van der Waals surface area contributed by atoms with Gasteiger partial charge in [-0.25, -0.2) is 12.8 Å². The molecule has 0 saturated carbocycles. The van der Waals surface area contributed by atoms with Crippen LogP contribution in [-0.4, -0.2) is 43.8 Å². The van der Waals surface area contributed by atoms with Crippen LogP contribution in [0.1, 0.15) is 18.4 Å². The quantitative estimate of drug-likeness (QED) is 0.759. The summed E-state index contributed by atoms with van der Waals surface area (Å²) in [6.45, 7) is 0.773. The van der Waals surface area contributed by atoms with Gasteiger partial charge in [0.25, 0.3) is 0 Å². The highest BCUT2D eigenvalue weighted by Gasteiger charge is 2.32. The van der Waals surface area contributed by atoms with E-state index in [0.717, 1.165) is 5.56 Å². The number of amides is 1. The number of aryl methyl sites for hydroxylation is 1. The van der Waals surface area contributed by atoms with Gasteiger partial charge in [0.05, 0.1) is 5.25 Å². The zero-order valence-electron chi connectivity index (χ0n) is 15.1. The Morgan fingerprint density at radius 1 is 1.19 bits per heavy atom. The fraction of sp³-hybridized carbons (Fsp3) is 0.350. The number of halogens is 1. The molecule has 27 heavy (non-hydrogen) atoms. The molecule has 2 aromatic rings. The average Bonchev–Trinajstić information content (AvgIpc) is 3.13. The summed E-state index contributed by atoms with van der Waals surface area (Å²) >= 11 is 0. The molecule has 0 radical (unpaired) electrons. The minimum atomic E-state index is -3.11. The fourth-order valence-corrected chi connectivity index (χ4v) is 4.10. The minimum Gasteiger partial charge on any atom is -0.457 e. The molecule has 0 aromatic heterocycles. The third-order valence-corrected chi connectivity index (χ3v) is 6.27. The third-order valence-electron chi connectivity index (χ3n) is 4.68. The number of benzene rings is 2. The summed E-state index contributed by atoms with van der Waals surface area (Å²) in [4.78, 5) is 14.0. The van der Waals surface area contributed by atoms with Gasteiger partial charge < -0.3 is 9.64 Å². The van der Waals surface area contributed by atoms with Crippen molar-refractivity contribution >= 4 is 15.7 Å². The molecule has 0 N–H and O–H groups in total. The van der Waals surface area contributed by atoms with E-state index in [4.69, 9.17) is 4.74 Å². The summed E-state index contributed by atoms with van der Waals surface area (Å²) in [6, 6.07) is 13.2. The number of hydrogen-bond donors (Lipinski definition) is 0. The molecular weight excluding hydrogens is 369 g/mol. The van der Waals surface area contributed by atoms with Crippen molar-refractivity contribution in [1.82, 2.24) is 4.90 Å². The van der Waals surface area contributed by atoms with Crippen LogP contribution >= 0.6 is 0 Å². The number of likely N-dealkylation sites (tertiary alicyclic amines) is 1. The summed E-state index contributed by atoms with van der Waals surface area (Å²) in [6.07, 6.45) is 2.58. The number of ether oxygens (including phenoxy) is 1. The highest BCUT2D eigenvalue weighted by Crippen LogP contribution is 2.23. The zero-order valence-corrected chi connectivity index (χ0v) is 15.9. The summed E-state index contributed by atoms with van der Waals surface area (Å²) in [5, 5.41) is -0.450. The van der Waals surface area contributed by atoms with Crippen LogP contribution < -0.4 is 4.74 Å². The number of hydrogen-bond acceptors (Lipinski definition) is 4. The number of sulfone groups is 1. The lowest BCUT2D eigenvalue weighted by atomic mass is 10.1. The number of rotatable bonds is 6. The van der Waals surface area contributed by atoms with Crippen molar-refractivity contribution in [3.63, 3.8) is 0 Å². The molecule has 1 unspecified atom stereocenters. The molecule has 1 atom stereocenters. The van der Waals surface area contributed by atoms with Gasteiger partial charge in [-0.2, -0.15) is 0 Å². The van der Waals surface area contributed by atoms with E-state index in [1.54, 1.807) is 23.1 Å². The van der Waals surface area contributed by atoms with Crippen molar-refractivity contribution < 1.29 is 22.3 Å². The first-order valence-corrected chi connectivity index (χ1v) is 10.8. The first-order chi connectivity index (χ1) is 12.8. The molecule has 5 nitrogen and oxygen atoms in total. The summed E-state index contributed by atoms with van der Waals surface area (Å²) in [5.41, 5.74) is 0.946. The Labute approximate surface area is 158 Å². The SMILES string of the molecule is CS(=O)(=O)C1CCN(C(=O)CCc2cccc(Oc3ccc(F)cc3)c2)C1. The fourth-order valence-electron chi connectivity index (χ4n) is 3.12. The molecule has 1 aliphatic heterocycles. The molecule has 144 valence electrons. The van der Waals surface area contributed by atoms with Crippen molar-refractivity contribution in [2.75, 3.05) is 19.3 Å².